The van der Waals surface area contributed by atoms with Gasteiger partial charge in [-0.1, -0.05) is 151 Å². The van der Waals surface area contributed by atoms with Crippen LogP contribution in [0.25, 0.3) is 115 Å². The molecule has 4 nitrogen and oxygen atoms in total. The van der Waals surface area contributed by atoms with E-state index < -0.39 is 0 Å². The van der Waals surface area contributed by atoms with Crippen LogP contribution in [0.2, 0.25) is 0 Å². The highest BCUT2D eigenvalue weighted by Crippen LogP contribution is 2.41. The third kappa shape index (κ3) is 6.89. The first-order valence-corrected chi connectivity index (χ1v) is 22.1. The Morgan fingerprint density at radius 2 is 0.738 bits per heavy atom. The summed E-state index contributed by atoms with van der Waals surface area (Å²) in [5, 5.41) is 9.21. The molecule has 0 aliphatic rings. The molecule has 0 saturated heterocycles. The number of H-pyrrole nitrogens is 1. The molecule has 0 amide bonds. The Hall–Kier alpha value is -8.60. The van der Waals surface area contributed by atoms with Crippen molar-refractivity contribution in [2.45, 2.75) is 6.92 Å². The number of para-hydroxylation sites is 3. The molecule has 0 fully saturated rings. The second kappa shape index (κ2) is 15.9. The van der Waals surface area contributed by atoms with E-state index in [4.69, 9.17) is 8.83 Å². The Bertz CT molecular complexity index is 3980. The predicted octanol–water partition coefficient (Wildman–Crippen LogP) is 17.2. The van der Waals surface area contributed by atoms with Crippen LogP contribution in [-0.2, 0) is 0 Å². The molecule has 10 aromatic carbocycles. The van der Waals surface area contributed by atoms with Crippen LogP contribution in [0.4, 0.5) is 0 Å². The molecule has 0 aliphatic heterocycles. The number of hydrogen-bond acceptors (Lipinski definition) is 2. The summed E-state index contributed by atoms with van der Waals surface area (Å²) in [4.78, 5) is 3.54. The number of aryl methyl sites for hydroxylation is 1. The Kier molecular flexibility index (Phi) is 9.35. The largest absolute Gasteiger partial charge is 0.456 e. The summed E-state index contributed by atoms with van der Waals surface area (Å²) in [6, 6.07) is 80.7. The van der Waals surface area contributed by atoms with E-state index in [1.807, 2.05) is 54.6 Å². The monoisotopic (exact) mass is 834 g/mol. The number of aromatic nitrogens is 2. The highest BCUT2D eigenvalue weighted by Gasteiger charge is 2.17. The van der Waals surface area contributed by atoms with E-state index in [1.54, 1.807) is 0 Å². The zero-order valence-corrected chi connectivity index (χ0v) is 35.7. The molecule has 0 unspecified atom stereocenters. The van der Waals surface area contributed by atoms with Crippen molar-refractivity contribution >= 4 is 87.5 Å². The van der Waals surface area contributed by atoms with E-state index in [0.717, 1.165) is 71.7 Å². The minimum Gasteiger partial charge on any atom is -0.456 e. The molecule has 4 aromatic heterocycles. The maximum absolute atomic E-state index is 6.50. The third-order valence-corrected chi connectivity index (χ3v) is 12.5. The molecule has 0 atom stereocenters. The minimum absolute atomic E-state index is 0.856. The van der Waals surface area contributed by atoms with Gasteiger partial charge < -0.3 is 18.4 Å². The molecule has 308 valence electrons. The summed E-state index contributed by atoms with van der Waals surface area (Å²) in [5.41, 5.74) is 15.3. The molecule has 0 saturated carbocycles. The number of hydrogen-bond donors (Lipinski definition) is 1. The first-order chi connectivity index (χ1) is 32.1. The number of benzene rings is 10. The van der Waals surface area contributed by atoms with Gasteiger partial charge in [0.15, 0.2) is 0 Å². The van der Waals surface area contributed by atoms with Gasteiger partial charge in [-0.25, -0.2) is 0 Å². The number of fused-ring (bicyclic) bond motifs is 12. The number of furan rings is 2. The molecule has 1 N–H and O–H groups in total. The molecule has 0 spiro atoms. The molecular formula is C61H42N2O2. The topological polar surface area (TPSA) is 47.0 Å². The van der Waals surface area contributed by atoms with E-state index in [9.17, 15) is 0 Å². The second-order valence-electron chi connectivity index (χ2n) is 16.6. The third-order valence-electron chi connectivity index (χ3n) is 12.5. The lowest BCUT2D eigenvalue weighted by atomic mass is 9.99. The minimum atomic E-state index is 0.856. The summed E-state index contributed by atoms with van der Waals surface area (Å²) in [6.07, 6.45) is 0. The fourth-order valence-electron chi connectivity index (χ4n) is 9.36. The maximum Gasteiger partial charge on any atom is 0.136 e. The number of aromatic amines is 1. The Labute approximate surface area is 375 Å². The van der Waals surface area contributed by atoms with Crippen molar-refractivity contribution in [3.63, 3.8) is 0 Å². The van der Waals surface area contributed by atoms with Crippen LogP contribution in [0.5, 0.6) is 0 Å². The van der Waals surface area contributed by atoms with Crippen LogP contribution >= 0.6 is 0 Å². The summed E-state index contributed by atoms with van der Waals surface area (Å²) in [6.45, 7) is 2.08. The van der Waals surface area contributed by atoms with Crippen molar-refractivity contribution in [2.75, 3.05) is 0 Å². The number of nitrogens with one attached hydrogen (secondary N) is 1. The lowest BCUT2D eigenvalue weighted by Gasteiger charge is -2.08. The normalized spacial score (nSPS) is 11.5. The zero-order chi connectivity index (χ0) is 43.3. The van der Waals surface area contributed by atoms with Crippen molar-refractivity contribution in [3.05, 3.63) is 236 Å². The Morgan fingerprint density at radius 3 is 1.34 bits per heavy atom. The Balaban J connectivity index is 0.000000296. The molecule has 0 radical (unpaired) electrons. The van der Waals surface area contributed by atoms with Gasteiger partial charge in [-0.3, -0.25) is 0 Å². The zero-order valence-electron chi connectivity index (χ0n) is 35.7. The smallest absolute Gasteiger partial charge is 0.136 e. The first-order valence-electron chi connectivity index (χ1n) is 22.1. The van der Waals surface area contributed by atoms with Gasteiger partial charge in [-0.2, -0.15) is 0 Å². The van der Waals surface area contributed by atoms with Crippen molar-refractivity contribution < 1.29 is 8.83 Å². The second-order valence-corrected chi connectivity index (χ2v) is 16.6. The van der Waals surface area contributed by atoms with Gasteiger partial charge in [0, 0.05) is 59.8 Å². The van der Waals surface area contributed by atoms with Gasteiger partial charge in [0.2, 0.25) is 0 Å². The molecule has 14 aromatic rings. The van der Waals surface area contributed by atoms with E-state index in [1.165, 1.54) is 49.3 Å². The van der Waals surface area contributed by atoms with Gasteiger partial charge in [0.05, 0.1) is 11.0 Å². The molecular weight excluding hydrogens is 793 g/mol. The van der Waals surface area contributed by atoms with Crippen molar-refractivity contribution in [1.82, 2.24) is 9.55 Å². The van der Waals surface area contributed by atoms with E-state index >= 15 is 0 Å². The fraction of sp³-hybridized carbons (Fsp3) is 0.0164. The lowest BCUT2D eigenvalue weighted by molar-refractivity contribution is 0.664. The molecule has 0 bridgehead atoms. The van der Waals surface area contributed by atoms with Gasteiger partial charge in [-0.05, 0) is 114 Å². The maximum atomic E-state index is 6.50. The fourth-order valence-corrected chi connectivity index (χ4v) is 9.36. The Morgan fingerprint density at radius 1 is 0.308 bits per heavy atom. The van der Waals surface area contributed by atoms with Gasteiger partial charge in [0.1, 0.15) is 22.3 Å². The number of nitrogens with zero attached hydrogens (tertiary/aromatic N) is 1. The van der Waals surface area contributed by atoms with Gasteiger partial charge in [0.25, 0.3) is 0 Å². The van der Waals surface area contributed by atoms with E-state index in [0.29, 0.717) is 0 Å². The standard InChI is InChI=1S/C48H28N2O2.C7H8.C6H6/c1-2-8-32(9-3-1)50-43-13-7-5-11-34(43)36-23-29(15-19-44(36)50)31-17-21-46-38(25-31)40-27-47-39(26-48(40)52-46)37-24-30(16-20-45(37)51-47)28-14-18-42-35(22-28)33-10-4-6-12-41(33)49-42;1-7-5-3-2-4-6-7;1-2-4-6-5-3-1/h1-27,49H;2-6H,1H3;1-6H. The molecule has 65 heavy (non-hydrogen) atoms. The van der Waals surface area contributed by atoms with Gasteiger partial charge in [-0.15, -0.1) is 0 Å². The summed E-state index contributed by atoms with van der Waals surface area (Å²) in [7, 11) is 0. The van der Waals surface area contributed by atoms with Crippen LogP contribution in [0.3, 0.4) is 0 Å². The van der Waals surface area contributed by atoms with Crippen LogP contribution in [0.15, 0.2) is 239 Å². The molecule has 14 rings (SSSR count). The van der Waals surface area contributed by atoms with Gasteiger partial charge >= 0.3 is 0 Å². The van der Waals surface area contributed by atoms with E-state index in [2.05, 4.69) is 192 Å². The molecule has 0 aliphatic carbocycles. The van der Waals surface area contributed by atoms with Crippen LogP contribution < -0.4 is 0 Å². The van der Waals surface area contributed by atoms with Crippen LogP contribution in [-0.4, -0.2) is 9.55 Å². The van der Waals surface area contributed by atoms with Crippen molar-refractivity contribution in [1.29, 1.82) is 0 Å². The highest BCUT2D eigenvalue weighted by molar-refractivity contribution is 6.16. The first kappa shape index (κ1) is 38.1. The lowest BCUT2D eigenvalue weighted by Crippen LogP contribution is -1.92. The summed E-state index contributed by atoms with van der Waals surface area (Å²) < 4.78 is 15.3. The van der Waals surface area contributed by atoms with Crippen molar-refractivity contribution in [3.8, 4) is 27.9 Å². The van der Waals surface area contributed by atoms with Crippen molar-refractivity contribution in [2.24, 2.45) is 0 Å². The van der Waals surface area contributed by atoms with E-state index in [-0.39, 0.29) is 0 Å². The van der Waals surface area contributed by atoms with Crippen LogP contribution in [0, 0.1) is 6.92 Å². The molecule has 4 heteroatoms. The van der Waals surface area contributed by atoms with Crippen LogP contribution in [0.1, 0.15) is 5.56 Å². The summed E-state index contributed by atoms with van der Waals surface area (Å²) >= 11 is 0. The summed E-state index contributed by atoms with van der Waals surface area (Å²) in [5.74, 6) is 0. The average Bonchev–Trinajstić information content (AvgIpc) is 4.12. The number of rotatable bonds is 3. The molecule has 4 heterocycles. The average molecular weight is 835 g/mol. The predicted molar refractivity (Wildman–Crippen MR) is 273 cm³/mol. The SMILES string of the molecule is Cc1ccccc1.c1ccc(-n2c3ccccc3c3cc(-c4ccc5oc6cc7c(cc6c5c4)oc4ccc(-c5ccc6[nH]c8ccccc8c6c5)cc47)ccc32)cc1.c1ccccc1. The quantitative estimate of drug-likeness (QED) is 0.193. The highest BCUT2D eigenvalue weighted by atomic mass is 16.3.